The number of nitrogens with two attached hydrogens (primary N) is 1. The molecule has 0 aromatic heterocycles. The van der Waals surface area contributed by atoms with Crippen LogP contribution in [0.3, 0.4) is 0 Å². The Labute approximate surface area is 126 Å². The third-order valence-electron chi connectivity index (χ3n) is 3.82. The lowest BCUT2D eigenvalue weighted by molar-refractivity contribution is 0.245. The summed E-state index contributed by atoms with van der Waals surface area (Å²) >= 11 is 0. The molecule has 5 heteroatoms. The van der Waals surface area contributed by atoms with Gasteiger partial charge < -0.3 is 16.4 Å². The van der Waals surface area contributed by atoms with E-state index in [2.05, 4.69) is 22.5 Å². The maximum Gasteiger partial charge on any atom is 0.319 e. The van der Waals surface area contributed by atoms with Crippen molar-refractivity contribution in [3.8, 4) is 0 Å². The van der Waals surface area contributed by atoms with E-state index in [0.717, 1.165) is 30.4 Å². The Morgan fingerprint density at radius 1 is 1.48 bits per heavy atom. The molecule has 0 saturated heterocycles. The molecule has 0 heterocycles. The van der Waals surface area contributed by atoms with Crippen LogP contribution in [0.2, 0.25) is 0 Å². The fourth-order valence-electron chi connectivity index (χ4n) is 2.43. The zero-order chi connectivity index (χ0) is 15.2. The number of likely N-dealkylation sites (N-methyl/N-ethyl adjacent to an activating group) is 1. The SMILES string of the molecule is CCN(CCNC(=O)Nc1cccc(C(C)N)c1)C1CC1. The van der Waals surface area contributed by atoms with E-state index in [1.54, 1.807) is 0 Å². The molecule has 1 unspecified atom stereocenters. The number of amides is 2. The van der Waals surface area contributed by atoms with Crippen LogP contribution >= 0.6 is 0 Å². The van der Waals surface area contributed by atoms with Crippen LogP contribution in [0.15, 0.2) is 24.3 Å². The molecule has 1 atom stereocenters. The highest BCUT2D eigenvalue weighted by Crippen LogP contribution is 2.25. The normalized spacial score (nSPS) is 15.8. The molecule has 1 aliphatic rings. The smallest absolute Gasteiger partial charge is 0.319 e. The van der Waals surface area contributed by atoms with Crippen LogP contribution in [0.25, 0.3) is 0 Å². The Morgan fingerprint density at radius 2 is 2.24 bits per heavy atom. The molecule has 1 aliphatic carbocycles. The Hall–Kier alpha value is -1.59. The Bertz CT molecular complexity index is 471. The highest BCUT2D eigenvalue weighted by atomic mass is 16.2. The van der Waals surface area contributed by atoms with Gasteiger partial charge in [-0.15, -0.1) is 0 Å². The number of hydrogen-bond donors (Lipinski definition) is 3. The lowest BCUT2D eigenvalue weighted by atomic mass is 10.1. The number of nitrogens with zero attached hydrogens (tertiary/aromatic N) is 1. The van der Waals surface area contributed by atoms with E-state index in [-0.39, 0.29) is 12.1 Å². The predicted octanol–water partition coefficient (Wildman–Crippen LogP) is 2.31. The van der Waals surface area contributed by atoms with E-state index >= 15 is 0 Å². The molecule has 0 bridgehead atoms. The van der Waals surface area contributed by atoms with Crippen molar-refractivity contribution in [3.05, 3.63) is 29.8 Å². The van der Waals surface area contributed by atoms with Crippen LogP contribution in [-0.2, 0) is 0 Å². The van der Waals surface area contributed by atoms with Crippen LogP contribution in [0, 0.1) is 0 Å². The summed E-state index contributed by atoms with van der Waals surface area (Å²) in [5, 5.41) is 5.75. The summed E-state index contributed by atoms with van der Waals surface area (Å²) in [7, 11) is 0. The summed E-state index contributed by atoms with van der Waals surface area (Å²) in [6, 6.07) is 8.18. The maximum atomic E-state index is 11.9. The fraction of sp³-hybridized carbons (Fsp3) is 0.562. The van der Waals surface area contributed by atoms with Gasteiger partial charge in [0.25, 0.3) is 0 Å². The van der Waals surface area contributed by atoms with Gasteiger partial charge in [-0.2, -0.15) is 0 Å². The Kier molecular flexibility index (Phi) is 5.59. The second kappa shape index (κ2) is 7.43. The summed E-state index contributed by atoms with van der Waals surface area (Å²) in [6.45, 7) is 6.72. The van der Waals surface area contributed by atoms with E-state index in [9.17, 15) is 4.79 Å². The standard InChI is InChI=1S/C16H26N4O/c1-3-20(15-7-8-15)10-9-18-16(21)19-14-6-4-5-13(11-14)12(2)17/h4-6,11-12,15H,3,7-10,17H2,1-2H3,(H2,18,19,21). The molecule has 1 aromatic rings. The second-order valence-electron chi connectivity index (χ2n) is 5.65. The van der Waals surface area contributed by atoms with Crippen LogP contribution in [0.5, 0.6) is 0 Å². The average Bonchev–Trinajstić information content (AvgIpc) is 3.28. The lowest BCUT2D eigenvalue weighted by Gasteiger charge is -2.19. The van der Waals surface area contributed by atoms with Gasteiger partial charge in [0.05, 0.1) is 0 Å². The molecule has 21 heavy (non-hydrogen) atoms. The molecule has 1 saturated carbocycles. The zero-order valence-corrected chi connectivity index (χ0v) is 12.9. The average molecular weight is 290 g/mol. The van der Waals surface area contributed by atoms with Crippen molar-refractivity contribution in [2.75, 3.05) is 25.0 Å². The third-order valence-corrected chi connectivity index (χ3v) is 3.82. The van der Waals surface area contributed by atoms with E-state index in [4.69, 9.17) is 5.73 Å². The number of carbonyl (C=O) groups is 1. The molecule has 1 aromatic carbocycles. The van der Waals surface area contributed by atoms with E-state index < -0.39 is 0 Å². The number of nitrogens with one attached hydrogen (secondary N) is 2. The van der Waals surface area contributed by atoms with E-state index in [1.165, 1.54) is 12.8 Å². The highest BCUT2D eigenvalue weighted by molar-refractivity contribution is 5.89. The van der Waals surface area contributed by atoms with Crippen molar-refractivity contribution < 1.29 is 4.79 Å². The van der Waals surface area contributed by atoms with Crippen molar-refractivity contribution in [1.82, 2.24) is 10.2 Å². The predicted molar refractivity (Wildman–Crippen MR) is 86.3 cm³/mol. The number of urea groups is 1. The summed E-state index contributed by atoms with van der Waals surface area (Å²) in [6.07, 6.45) is 2.59. The van der Waals surface area contributed by atoms with E-state index in [0.29, 0.717) is 6.54 Å². The first-order valence-electron chi connectivity index (χ1n) is 7.74. The number of benzene rings is 1. The number of hydrogen-bond acceptors (Lipinski definition) is 3. The van der Waals surface area contributed by atoms with Crippen LogP contribution in [-0.4, -0.2) is 36.6 Å². The van der Waals surface area contributed by atoms with Gasteiger partial charge in [0.15, 0.2) is 0 Å². The quantitative estimate of drug-likeness (QED) is 0.721. The van der Waals surface area contributed by atoms with Crippen LogP contribution in [0.1, 0.15) is 38.3 Å². The molecule has 0 radical (unpaired) electrons. The first kappa shape index (κ1) is 15.8. The molecule has 4 N–H and O–H groups in total. The molecule has 1 fully saturated rings. The lowest BCUT2D eigenvalue weighted by Crippen LogP contribution is -2.37. The topological polar surface area (TPSA) is 70.4 Å². The van der Waals surface area contributed by atoms with Crippen molar-refractivity contribution in [1.29, 1.82) is 0 Å². The minimum absolute atomic E-state index is 0.0357. The zero-order valence-electron chi connectivity index (χ0n) is 12.9. The van der Waals surface area contributed by atoms with E-state index in [1.807, 2.05) is 31.2 Å². The number of anilines is 1. The van der Waals surface area contributed by atoms with Gasteiger partial charge >= 0.3 is 6.03 Å². The van der Waals surface area contributed by atoms with Crippen molar-refractivity contribution in [2.45, 2.75) is 38.8 Å². The van der Waals surface area contributed by atoms with Gasteiger partial charge in [0.1, 0.15) is 0 Å². The molecular formula is C16H26N4O. The van der Waals surface area contributed by atoms with Gasteiger partial charge in [-0.1, -0.05) is 19.1 Å². The summed E-state index contributed by atoms with van der Waals surface area (Å²) in [5.41, 5.74) is 7.63. The maximum absolute atomic E-state index is 11.9. The van der Waals surface area contributed by atoms with Gasteiger partial charge in [-0.3, -0.25) is 4.90 Å². The highest BCUT2D eigenvalue weighted by Gasteiger charge is 2.27. The molecule has 2 amide bonds. The minimum atomic E-state index is -0.163. The first-order valence-corrected chi connectivity index (χ1v) is 7.74. The summed E-state index contributed by atoms with van der Waals surface area (Å²) in [4.78, 5) is 14.3. The third kappa shape index (κ3) is 5.02. The number of rotatable bonds is 7. The fourth-order valence-corrected chi connectivity index (χ4v) is 2.43. The second-order valence-corrected chi connectivity index (χ2v) is 5.65. The van der Waals surface area contributed by atoms with Crippen LogP contribution < -0.4 is 16.4 Å². The van der Waals surface area contributed by atoms with Gasteiger partial charge in [-0.25, -0.2) is 4.79 Å². The molecule has 5 nitrogen and oxygen atoms in total. The Balaban J connectivity index is 1.75. The van der Waals surface area contributed by atoms with Crippen molar-refractivity contribution >= 4 is 11.7 Å². The van der Waals surface area contributed by atoms with Gasteiger partial charge in [0, 0.05) is 30.9 Å². The summed E-state index contributed by atoms with van der Waals surface area (Å²) in [5.74, 6) is 0. The monoisotopic (exact) mass is 290 g/mol. The first-order chi connectivity index (χ1) is 10.1. The van der Waals surface area contributed by atoms with Crippen molar-refractivity contribution in [3.63, 3.8) is 0 Å². The minimum Gasteiger partial charge on any atom is -0.337 e. The van der Waals surface area contributed by atoms with Gasteiger partial charge in [-0.05, 0) is 44.0 Å². The molecule has 116 valence electrons. The number of carbonyl (C=O) groups excluding carboxylic acids is 1. The largest absolute Gasteiger partial charge is 0.337 e. The van der Waals surface area contributed by atoms with Crippen molar-refractivity contribution in [2.24, 2.45) is 5.73 Å². The van der Waals surface area contributed by atoms with Gasteiger partial charge in [0.2, 0.25) is 0 Å². The summed E-state index contributed by atoms with van der Waals surface area (Å²) < 4.78 is 0. The molecule has 0 spiro atoms. The van der Waals surface area contributed by atoms with Crippen LogP contribution in [0.4, 0.5) is 10.5 Å². The molecule has 2 rings (SSSR count). The molecular weight excluding hydrogens is 264 g/mol. The Morgan fingerprint density at radius 3 is 2.86 bits per heavy atom. The molecule has 0 aliphatic heterocycles.